The van der Waals surface area contributed by atoms with E-state index in [1.54, 1.807) is 31.4 Å². The monoisotopic (exact) mass is 196 g/mol. The summed E-state index contributed by atoms with van der Waals surface area (Å²) in [5, 5.41) is 2.95. The number of carbonyl (C=O) groups is 1. The van der Waals surface area contributed by atoms with Crippen LogP contribution in [0.25, 0.3) is 0 Å². The first-order valence-electron chi connectivity index (χ1n) is 4.27. The summed E-state index contributed by atoms with van der Waals surface area (Å²) < 4.78 is 4.49. The lowest BCUT2D eigenvalue weighted by molar-refractivity contribution is -0.127. The number of allylic oxidation sites excluding steroid dienone is 3. The fraction of sp³-hybridized carbons (Fsp3) is 0.300. The van der Waals surface area contributed by atoms with E-state index in [1.165, 1.54) is 0 Å². The van der Waals surface area contributed by atoms with Gasteiger partial charge in [0.15, 0.2) is 0 Å². The molecule has 0 aromatic heterocycles. The molecule has 0 heterocycles. The van der Waals surface area contributed by atoms with E-state index < -0.39 is 0 Å². The summed E-state index contributed by atoms with van der Waals surface area (Å²) in [5.74, 6) is 0. The first-order valence-corrected chi connectivity index (χ1v) is 4.27. The molecule has 0 aliphatic carbocycles. The molecule has 0 unspecified atom stereocenters. The molecule has 0 aromatic carbocycles. The normalized spacial score (nSPS) is 13.0. The maximum Gasteiger partial charge on any atom is 0.293 e. The number of carbonyl (C=O) groups excluding carboxylic acids is 1. The molecule has 4 nitrogen and oxygen atoms in total. The van der Waals surface area contributed by atoms with Crippen molar-refractivity contribution in [2.45, 2.75) is 6.92 Å². The topological polar surface area (TPSA) is 64.3 Å². The van der Waals surface area contributed by atoms with E-state index in [9.17, 15) is 4.79 Å². The minimum absolute atomic E-state index is 0.262. The van der Waals surface area contributed by atoms with Crippen molar-refractivity contribution in [3.63, 3.8) is 0 Å². The van der Waals surface area contributed by atoms with Gasteiger partial charge in [-0.3, -0.25) is 4.79 Å². The van der Waals surface area contributed by atoms with E-state index in [1.807, 2.05) is 6.92 Å². The molecule has 0 saturated carbocycles. The van der Waals surface area contributed by atoms with Crippen molar-refractivity contribution in [1.82, 2.24) is 5.32 Å². The molecule has 78 valence electrons. The maximum atomic E-state index is 9.83. The van der Waals surface area contributed by atoms with Gasteiger partial charge in [0.2, 0.25) is 0 Å². The summed E-state index contributed by atoms with van der Waals surface area (Å²) in [4.78, 5) is 9.83. The summed E-state index contributed by atoms with van der Waals surface area (Å²) in [5.41, 5.74) is 7.14. The lowest BCUT2D eigenvalue weighted by atomic mass is 10.3. The highest BCUT2D eigenvalue weighted by molar-refractivity contribution is 5.37. The van der Waals surface area contributed by atoms with Gasteiger partial charge >= 0.3 is 0 Å². The summed E-state index contributed by atoms with van der Waals surface area (Å²) in [6.07, 6.45) is 7.10. The van der Waals surface area contributed by atoms with E-state index in [0.717, 1.165) is 5.70 Å². The smallest absolute Gasteiger partial charge is 0.293 e. The van der Waals surface area contributed by atoms with E-state index in [-0.39, 0.29) is 6.61 Å². The zero-order valence-electron chi connectivity index (χ0n) is 8.49. The first kappa shape index (κ1) is 12.3. The summed E-state index contributed by atoms with van der Waals surface area (Å²) in [6, 6.07) is 0. The Morgan fingerprint density at radius 2 is 2.29 bits per heavy atom. The predicted octanol–water partition coefficient (Wildman–Crippen LogP) is 0.681. The van der Waals surface area contributed by atoms with Crippen LogP contribution in [-0.4, -0.2) is 20.1 Å². The van der Waals surface area contributed by atoms with Gasteiger partial charge in [-0.15, -0.1) is 0 Å². The standard InChI is InChI=1S/C10H16N2O2/c1-3-9(11)7-10(12-2)5-4-6-14-8-13/h3-5,7-8,12H,6,11H2,1-2H3/b5-4-,9-3?,10-7+. The van der Waals surface area contributed by atoms with Crippen molar-refractivity contribution in [2.75, 3.05) is 13.7 Å². The SMILES string of the molecule is CC=C(N)/C=C(\C=C/COC=O)NC. The van der Waals surface area contributed by atoms with Crippen molar-refractivity contribution in [3.8, 4) is 0 Å². The van der Waals surface area contributed by atoms with Crippen molar-refractivity contribution in [3.05, 3.63) is 35.7 Å². The van der Waals surface area contributed by atoms with Crippen LogP contribution in [0.1, 0.15) is 6.92 Å². The fourth-order valence-corrected chi connectivity index (χ4v) is 0.736. The Kier molecular flexibility index (Phi) is 6.95. The Morgan fingerprint density at radius 3 is 2.79 bits per heavy atom. The van der Waals surface area contributed by atoms with Gasteiger partial charge < -0.3 is 15.8 Å². The molecule has 0 radical (unpaired) electrons. The van der Waals surface area contributed by atoms with E-state index in [4.69, 9.17) is 5.73 Å². The van der Waals surface area contributed by atoms with Gasteiger partial charge in [0.05, 0.1) is 0 Å². The summed E-state index contributed by atoms with van der Waals surface area (Å²) >= 11 is 0. The third kappa shape index (κ3) is 5.88. The van der Waals surface area contributed by atoms with Gasteiger partial charge in [-0.2, -0.15) is 0 Å². The van der Waals surface area contributed by atoms with Crippen LogP contribution in [0, 0.1) is 0 Å². The number of hydrogen-bond acceptors (Lipinski definition) is 4. The van der Waals surface area contributed by atoms with Crippen molar-refractivity contribution < 1.29 is 9.53 Å². The van der Waals surface area contributed by atoms with Crippen molar-refractivity contribution in [1.29, 1.82) is 0 Å². The van der Waals surface area contributed by atoms with Gasteiger partial charge in [0.1, 0.15) is 6.61 Å². The molecule has 3 N–H and O–H groups in total. The van der Waals surface area contributed by atoms with Crippen LogP contribution in [0.5, 0.6) is 0 Å². The van der Waals surface area contributed by atoms with Crippen molar-refractivity contribution in [2.24, 2.45) is 5.73 Å². The van der Waals surface area contributed by atoms with Crippen LogP contribution in [0.4, 0.5) is 0 Å². The van der Waals surface area contributed by atoms with Crippen LogP contribution in [0.15, 0.2) is 35.7 Å². The fourth-order valence-electron chi connectivity index (χ4n) is 0.736. The molecule has 0 atom stereocenters. The van der Waals surface area contributed by atoms with Crippen LogP contribution >= 0.6 is 0 Å². The zero-order chi connectivity index (χ0) is 10.8. The van der Waals surface area contributed by atoms with Gasteiger partial charge in [-0.25, -0.2) is 0 Å². The van der Waals surface area contributed by atoms with Crippen LogP contribution < -0.4 is 11.1 Å². The Hall–Kier alpha value is -1.71. The van der Waals surface area contributed by atoms with Gasteiger partial charge in [0, 0.05) is 18.4 Å². The lowest BCUT2D eigenvalue weighted by Gasteiger charge is -2.00. The molecule has 0 aromatic rings. The minimum atomic E-state index is 0.262. The number of rotatable bonds is 6. The van der Waals surface area contributed by atoms with E-state index in [0.29, 0.717) is 12.2 Å². The average Bonchev–Trinajstić information content (AvgIpc) is 2.22. The van der Waals surface area contributed by atoms with Crippen LogP contribution in [0.2, 0.25) is 0 Å². The van der Waals surface area contributed by atoms with Gasteiger partial charge in [0.25, 0.3) is 6.47 Å². The Labute approximate surface area is 84.1 Å². The van der Waals surface area contributed by atoms with Gasteiger partial charge in [-0.1, -0.05) is 6.08 Å². The number of likely N-dealkylation sites (N-methyl/N-ethyl adjacent to an activating group) is 1. The molecular formula is C10H16N2O2. The molecular weight excluding hydrogens is 180 g/mol. The summed E-state index contributed by atoms with van der Waals surface area (Å²) in [7, 11) is 1.79. The van der Waals surface area contributed by atoms with Crippen molar-refractivity contribution >= 4 is 6.47 Å². The largest absolute Gasteiger partial charge is 0.464 e. The number of nitrogens with two attached hydrogens (primary N) is 1. The Morgan fingerprint density at radius 1 is 1.57 bits per heavy atom. The molecule has 0 fully saturated rings. The first-order chi connectivity index (χ1) is 6.74. The maximum absolute atomic E-state index is 9.83. The zero-order valence-corrected chi connectivity index (χ0v) is 8.49. The molecule has 0 rings (SSSR count). The Balaban J connectivity index is 4.21. The number of ether oxygens (including phenoxy) is 1. The highest BCUT2D eigenvalue weighted by Crippen LogP contribution is 1.95. The number of nitrogens with one attached hydrogen (secondary N) is 1. The molecule has 4 heteroatoms. The minimum Gasteiger partial charge on any atom is -0.464 e. The van der Waals surface area contributed by atoms with Crippen LogP contribution in [-0.2, 0) is 9.53 Å². The van der Waals surface area contributed by atoms with Crippen LogP contribution in [0.3, 0.4) is 0 Å². The second-order valence-corrected chi connectivity index (χ2v) is 2.47. The quantitative estimate of drug-likeness (QED) is 0.372. The molecule has 0 spiro atoms. The predicted molar refractivity (Wildman–Crippen MR) is 56.2 cm³/mol. The van der Waals surface area contributed by atoms with Gasteiger partial charge in [-0.05, 0) is 25.2 Å². The number of hydrogen-bond donors (Lipinski definition) is 2. The molecule has 0 aliphatic heterocycles. The molecule has 0 aliphatic rings. The molecule has 14 heavy (non-hydrogen) atoms. The highest BCUT2D eigenvalue weighted by Gasteiger charge is 1.87. The summed E-state index contributed by atoms with van der Waals surface area (Å²) in [6.45, 7) is 2.53. The third-order valence-corrected chi connectivity index (χ3v) is 1.50. The Bertz CT molecular complexity index is 255. The average molecular weight is 196 g/mol. The molecule has 0 bridgehead atoms. The lowest BCUT2D eigenvalue weighted by Crippen LogP contribution is -2.06. The second kappa shape index (κ2) is 7.91. The van der Waals surface area contributed by atoms with E-state index >= 15 is 0 Å². The van der Waals surface area contributed by atoms with E-state index in [2.05, 4.69) is 10.1 Å². The highest BCUT2D eigenvalue weighted by atomic mass is 16.5. The third-order valence-electron chi connectivity index (χ3n) is 1.50. The molecule has 0 amide bonds. The second-order valence-electron chi connectivity index (χ2n) is 2.47. The molecule has 0 saturated heterocycles.